The molecule has 106 valence electrons. The van der Waals surface area contributed by atoms with Crippen LogP contribution in [-0.2, 0) is 6.54 Å². The summed E-state index contributed by atoms with van der Waals surface area (Å²) in [6.07, 6.45) is 1.81. The van der Waals surface area contributed by atoms with Crippen LogP contribution in [0.5, 0.6) is 5.75 Å². The summed E-state index contributed by atoms with van der Waals surface area (Å²) in [5.74, 6) is 0.883. The van der Waals surface area contributed by atoms with E-state index in [-0.39, 0.29) is 0 Å². The van der Waals surface area contributed by atoms with Crippen molar-refractivity contribution in [3.8, 4) is 5.75 Å². The van der Waals surface area contributed by atoms with Crippen LogP contribution in [0.4, 0.5) is 5.69 Å². The van der Waals surface area contributed by atoms with E-state index >= 15 is 0 Å². The number of benzene rings is 2. The summed E-state index contributed by atoms with van der Waals surface area (Å²) in [6, 6.07) is 15.8. The van der Waals surface area contributed by atoms with E-state index in [2.05, 4.69) is 15.3 Å². The maximum absolute atomic E-state index is 5.42. The lowest BCUT2D eigenvalue weighted by molar-refractivity contribution is 0.340. The third-order valence-corrected chi connectivity index (χ3v) is 3.14. The first-order chi connectivity index (χ1) is 10.3. The van der Waals surface area contributed by atoms with E-state index in [1.165, 1.54) is 0 Å². The first kappa shape index (κ1) is 13.4. The van der Waals surface area contributed by atoms with Gasteiger partial charge in [0.05, 0.1) is 36.1 Å². The average molecular weight is 279 g/mol. The molecule has 4 nitrogen and oxygen atoms in total. The molecule has 21 heavy (non-hydrogen) atoms. The Morgan fingerprint density at radius 3 is 2.52 bits per heavy atom. The first-order valence-corrected chi connectivity index (χ1v) is 7.02. The Kier molecular flexibility index (Phi) is 3.96. The summed E-state index contributed by atoms with van der Waals surface area (Å²) in [5, 5.41) is 3.34. The molecule has 0 radical (unpaired) electrons. The van der Waals surface area contributed by atoms with Crippen LogP contribution in [-0.4, -0.2) is 16.6 Å². The van der Waals surface area contributed by atoms with Crippen molar-refractivity contribution in [3.05, 3.63) is 60.4 Å². The molecular formula is C17H17N3O. The number of para-hydroxylation sites is 2. The second kappa shape index (κ2) is 6.22. The van der Waals surface area contributed by atoms with Crippen LogP contribution >= 0.6 is 0 Å². The largest absolute Gasteiger partial charge is 0.494 e. The van der Waals surface area contributed by atoms with Crippen molar-refractivity contribution >= 4 is 16.7 Å². The number of hydrogen-bond acceptors (Lipinski definition) is 4. The second-order valence-corrected chi connectivity index (χ2v) is 4.66. The van der Waals surface area contributed by atoms with Gasteiger partial charge in [0.1, 0.15) is 5.75 Å². The van der Waals surface area contributed by atoms with Gasteiger partial charge in [-0.2, -0.15) is 0 Å². The molecule has 0 aliphatic rings. The molecule has 0 atom stereocenters. The number of nitrogens with zero attached hydrogens (tertiary/aromatic N) is 2. The molecular weight excluding hydrogens is 262 g/mol. The summed E-state index contributed by atoms with van der Waals surface area (Å²) in [5.41, 5.74) is 3.79. The number of fused-ring (bicyclic) bond motifs is 1. The van der Waals surface area contributed by atoms with Gasteiger partial charge in [0.15, 0.2) is 0 Å². The second-order valence-electron chi connectivity index (χ2n) is 4.66. The lowest BCUT2D eigenvalue weighted by Crippen LogP contribution is -2.02. The Balaban J connectivity index is 1.68. The van der Waals surface area contributed by atoms with Crippen molar-refractivity contribution in [2.24, 2.45) is 0 Å². The van der Waals surface area contributed by atoms with Crippen molar-refractivity contribution in [2.75, 3.05) is 11.9 Å². The topological polar surface area (TPSA) is 47.0 Å². The molecule has 0 aliphatic heterocycles. The van der Waals surface area contributed by atoms with Crippen LogP contribution in [0.1, 0.15) is 12.6 Å². The Labute approximate surface area is 123 Å². The molecule has 3 aromatic rings. The smallest absolute Gasteiger partial charge is 0.119 e. The van der Waals surface area contributed by atoms with E-state index in [1.54, 1.807) is 0 Å². The highest BCUT2D eigenvalue weighted by Gasteiger charge is 2.00. The predicted octanol–water partition coefficient (Wildman–Crippen LogP) is 3.64. The fourth-order valence-corrected chi connectivity index (χ4v) is 2.11. The van der Waals surface area contributed by atoms with Crippen molar-refractivity contribution in [3.63, 3.8) is 0 Å². The molecule has 0 bridgehead atoms. The van der Waals surface area contributed by atoms with E-state index in [4.69, 9.17) is 4.74 Å². The number of rotatable bonds is 5. The molecule has 0 spiro atoms. The third-order valence-electron chi connectivity index (χ3n) is 3.14. The van der Waals surface area contributed by atoms with Gasteiger partial charge in [-0.25, -0.2) is 4.98 Å². The van der Waals surface area contributed by atoms with Crippen molar-refractivity contribution in [1.29, 1.82) is 0 Å². The van der Waals surface area contributed by atoms with Gasteiger partial charge < -0.3 is 10.1 Å². The zero-order valence-corrected chi connectivity index (χ0v) is 11.9. The van der Waals surface area contributed by atoms with Gasteiger partial charge in [-0.15, -0.1) is 0 Å². The molecule has 0 fully saturated rings. The van der Waals surface area contributed by atoms with E-state index in [9.17, 15) is 0 Å². The van der Waals surface area contributed by atoms with Gasteiger partial charge in [-0.3, -0.25) is 4.98 Å². The van der Waals surface area contributed by atoms with E-state index in [0.717, 1.165) is 28.2 Å². The Morgan fingerprint density at radius 2 is 1.76 bits per heavy atom. The minimum atomic E-state index is 0.645. The van der Waals surface area contributed by atoms with E-state index < -0.39 is 0 Å². The number of ether oxygens (including phenoxy) is 1. The average Bonchev–Trinajstić information content (AvgIpc) is 2.54. The summed E-state index contributed by atoms with van der Waals surface area (Å²) >= 11 is 0. The maximum Gasteiger partial charge on any atom is 0.119 e. The minimum Gasteiger partial charge on any atom is -0.494 e. The summed E-state index contributed by atoms with van der Waals surface area (Å²) in [7, 11) is 0. The molecule has 4 heteroatoms. The van der Waals surface area contributed by atoms with E-state index in [1.807, 2.05) is 61.7 Å². The highest BCUT2D eigenvalue weighted by atomic mass is 16.5. The van der Waals surface area contributed by atoms with Crippen LogP contribution in [0.2, 0.25) is 0 Å². The fourth-order valence-electron chi connectivity index (χ4n) is 2.11. The number of nitrogens with one attached hydrogen (secondary N) is 1. The molecule has 1 heterocycles. The van der Waals surface area contributed by atoms with Gasteiger partial charge in [0.2, 0.25) is 0 Å². The predicted molar refractivity (Wildman–Crippen MR) is 84.5 cm³/mol. The standard InChI is InChI=1S/C17H17N3O/c1-2-21-15-9-7-13(8-10-15)18-11-14-12-19-16-5-3-4-6-17(16)20-14/h3-10,12,18H,2,11H2,1H3. The molecule has 0 amide bonds. The maximum atomic E-state index is 5.42. The summed E-state index contributed by atoms with van der Waals surface area (Å²) in [4.78, 5) is 9.00. The monoisotopic (exact) mass is 279 g/mol. The van der Waals surface area contributed by atoms with Gasteiger partial charge in [-0.05, 0) is 43.3 Å². The van der Waals surface area contributed by atoms with Crippen molar-refractivity contribution in [2.45, 2.75) is 13.5 Å². The summed E-state index contributed by atoms with van der Waals surface area (Å²) in [6.45, 7) is 3.30. The molecule has 0 aliphatic carbocycles. The molecule has 2 aromatic carbocycles. The Hall–Kier alpha value is -2.62. The van der Waals surface area contributed by atoms with Crippen molar-refractivity contribution in [1.82, 2.24) is 9.97 Å². The van der Waals surface area contributed by atoms with E-state index in [0.29, 0.717) is 13.2 Å². The number of hydrogen-bond donors (Lipinski definition) is 1. The Bertz CT molecular complexity index is 725. The number of aromatic nitrogens is 2. The molecule has 0 saturated heterocycles. The molecule has 3 rings (SSSR count). The highest BCUT2D eigenvalue weighted by molar-refractivity contribution is 5.73. The van der Waals surface area contributed by atoms with Crippen LogP contribution in [0.15, 0.2) is 54.7 Å². The highest BCUT2D eigenvalue weighted by Crippen LogP contribution is 2.16. The molecule has 1 N–H and O–H groups in total. The Morgan fingerprint density at radius 1 is 1.00 bits per heavy atom. The van der Waals surface area contributed by atoms with Gasteiger partial charge in [-0.1, -0.05) is 12.1 Å². The minimum absolute atomic E-state index is 0.645. The normalized spacial score (nSPS) is 10.5. The quantitative estimate of drug-likeness (QED) is 0.774. The van der Waals surface area contributed by atoms with Crippen LogP contribution < -0.4 is 10.1 Å². The van der Waals surface area contributed by atoms with Gasteiger partial charge >= 0.3 is 0 Å². The zero-order chi connectivity index (χ0) is 14.5. The van der Waals surface area contributed by atoms with Crippen LogP contribution in [0, 0.1) is 0 Å². The molecule has 0 unspecified atom stereocenters. The number of anilines is 1. The molecule has 1 aromatic heterocycles. The molecule has 0 saturated carbocycles. The lowest BCUT2D eigenvalue weighted by Gasteiger charge is -2.08. The van der Waals surface area contributed by atoms with Crippen molar-refractivity contribution < 1.29 is 4.74 Å². The fraction of sp³-hybridized carbons (Fsp3) is 0.176. The van der Waals surface area contributed by atoms with Gasteiger partial charge in [0, 0.05) is 5.69 Å². The zero-order valence-electron chi connectivity index (χ0n) is 11.9. The first-order valence-electron chi connectivity index (χ1n) is 7.02. The van der Waals surface area contributed by atoms with Gasteiger partial charge in [0.25, 0.3) is 0 Å². The lowest BCUT2D eigenvalue weighted by atomic mass is 10.3. The summed E-state index contributed by atoms with van der Waals surface area (Å²) < 4.78 is 5.42. The van der Waals surface area contributed by atoms with Crippen LogP contribution in [0.25, 0.3) is 11.0 Å². The third kappa shape index (κ3) is 3.28. The SMILES string of the molecule is CCOc1ccc(NCc2cnc3ccccc3n2)cc1. The van der Waals surface area contributed by atoms with Crippen LogP contribution in [0.3, 0.4) is 0 Å².